The lowest BCUT2D eigenvalue weighted by Crippen LogP contribution is -2.46. The summed E-state index contributed by atoms with van der Waals surface area (Å²) in [5, 5.41) is 20.3. The Morgan fingerprint density at radius 1 is 0.881 bits per heavy atom. The highest BCUT2D eigenvalue weighted by atomic mass is 35.5. The van der Waals surface area contributed by atoms with Crippen LogP contribution in [0.2, 0.25) is 5.02 Å². The quantitative estimate of drug-likeness (QED) is 0.0460. The fourth-order valence-corrected chi connectivity index (χ4v) is 9.28. The van der Waals surface area contributed by atoms with Crippen LogP contribution in [0.15, 0.2) is 131 Å². The van der Waals surface area contributed by atoms with Crippen molar-refractivity contribution in [3.63, 3.8) is 0 Å². The second-order valence-corrected chi connectivity index (χ2v) is 18.0. The molecule has 0 spiro atoms. The van der Waals surface area contributed by atoms with Crippen LogP contribution in [-0.4, -0.2) is 78.8 Å². The molecule has 0 unspecified atom stereocenters. The summed E-state index contributed by atoms with van der Waals surface area (Å²) in [5.74, 6) is 0.744. The predicted molar refractivity (Wildman–Crippen MR) is 240 cm³/mol. The maximum Gasteiger partial charge on any atom is 0.293 e. The van der Waals surface area contributed by atoms with E-state index >= 15 is 0 Å². The van der Waals surface area contributed by atoms with Crippen LogP contribution in [0, 0.1) is 10.1 Å². The van der Waals surface area contributed by atoms with Gasteiger partial charge in [-0.05, 0) is 84.3 Å². The van der Waals surface area contributed by atoms with E-state index in [0.29, 0.717) is 40.7 Å². The first-order valence-electron chi connectivity index (χ1n) is 19.6. The lowest BCUT2D eigenvalue weighted by Gasteiger charge is -2.36. The monoisotopic (exact) mass is 850 g/mol. The number of aromatic nitrogens is 2. The summed E-state index contributed by atoms with van der Waals surface area (Å²) in [4.78, 5) is 26.1. The number of piperazine rings is 1. The number of nitro groups is 1. The molecule has 1 fully saturated rings. The fraction of sp³-hybridized carbons (Fsp3) is 0.273. The number of nitrogens with zero attached hydrogens (tertiary/aromatic N) is 5. The number of hydrogen-bond donors (Lipinski definition) is 3. The molecule has 1 aliphatic rings. The van der Waals surface area contributed by atoms with Gasteiger partial charge in [0.25, 0.3) is 15.7 Å². The normalized spacial score (nSPS) is 14.1. The van der Waals surface area contributed by atoms with Crippen molar-refractivity contribution in [2.75, 3.05) is 53.4 Å². The largest absolute Gasteiger partial charge is 0.376 e. The second-order valence-electron chi connectivity index (χ2n) is 14.8. The Kier molecular flexibility index (Phi) is 13.6. The fourth-order valence-electron chi connectivity index (χ4n) is 7.11. The van der Waals surface area contributed by atoms with Gasteiger partial charge in [0.05, 0.1) is 15.3 Å². The first kappa shape index (κ1) is 41.9. The Morgan fingerprint density at radius 3 is 2.37 bits per heavy atom. The number of sulfonamides is 1. The van der Waals surface area contributed by atoms with Crippen LogP contribution in [-0.2, 0) is 16.6 Å². The summed E-state index contributed by atoms with van der Waals surface area (Å²) in [7, 11) is -4.27. The van der Waals surface area contributed by atoms with Gasteiger partial charge in [0.2, 0.25) is 0 Å². The number of thioether (sulfide) groups is 1. The summed E-state index contributed by atoms with van der Waals surface area (Å²) < 4.78 is 30.1. The van der Waals surface area contributed by atoms with Crippen LogP contribution >= 0.6 is 23.4 Å². The average molecular weight is 851 g/mol. The number of benzene rings is 5. The number of rotatable bonds is 17. The van der Waals surface area contributed by atoms with Crippen LogP contribution in [0.1, 0.15) is 25.8 Å². The standard InChI is InChI=1S/C44H47ClN8O4S2/c1-31(2)46-21-20-35(29-58-37-9-4-3-5-10-37)49-41-19-17-38(27-43(41)53(54)55)59(56,57)50-44-40-18-16-36(26-42(40)47-30-48-44)52-24-22-51(23-25-52)28-33-8-6-7-11-39(33)32-12-14-34(45)15-13-32/h3-19,26-27,30-31,35,46,49H,20-25,28-29H2,1-2H3,(H,47,48,50)/t35-/m1/s1. The van der Waals surface area contributed by atoms with Crippen molar-refractivity contribution in [3.05, 3.63) is 142 Å². The van der Waals surface area contributed by atoms with Gasteiger partial charge in [-0.15, -0.1) is 11.8 Å². The Labute approximate surface area is 354 Å². The van der Waals surface area contributed by atoms with E-state index in [2.05, 4.69) is 85.4 Å². The molecule has 306 valence electrons. The number of halogens is 1. The third-order valence-electron chi connectivity index (χ3n) is 10.2. The summed E-state index contributed by atoms with van der Waals surface area (Å²) in [6.45, 7) is 9.02. The molecule has 15 heteroatoms. The molecule has 1 aliphatic heterocycles. The molecular formula is C44H47ClN8O4S2. The molecule has 12 nitrogen and oxygen atoms in total. The average Bonchev–Trinajstić information content (AvgIpc) is 3.23. The van der Waals surface area contributed by atoms with Crippen LogP contribution < -0.4 is 20.3 Å². The molecule has 0 saturated carbocycles. The van der Waals surface area contributed by atoms with E-state index in [9.17, 15) is 18.5 Å². The van der Waals surface area contributed by atoms with Crippen molar-refractivity contribution < 1.29 is 13.3 Å². The summed E-state index contributed by atoms with van der Waals surface area (Å²) >= 11 is 7.80. The van der Waals surface area contributed by atoms with E-state index in [4.69, 9.17) is 11.6 Å². The first-order chi connectivity index (χ1) is 28.5. The Hall–Kier alpha value is -5.25. The van der Waals surface area contributed by atoms with Gasteiger partial charge in [0, 0.05) is 77.6 Å². The van der Waals surface area contributed by atoms with E-state index in [1.807, 2.05) is 60.7 Å². The lowest BCUT2D eigenvalue weighted by molar-refractivity contribution is -0.384. The highest BCUT2D eigenvalue weighted by Crippen LogP contribution is 2.33. The van der Waals surface area contributed by atoms with Crippen LogP contribution in [0.25, 0.3) is 22.0 Å². The lowest BCUT2D eigenvalue weighted by atomic mass is 9.99. The molecule has 5 aromatic carbocycles. The van der Waals surface area contributed by atoms with Gasteiger partial charge in [-0.25, -0.2) is 18.4 Å². The van der Waals surface area contributed by atoms with E-state index in [0.717, 1.165) is 54.9 Å². The molecule has 0 radical (unpaired) electrons. The van der Waals surface area contributed by atoms with Gasteiger partial charge in [-0.3, -0.25) is 19.7 Å². The highest BCUT2D eigenvalue weighted by Gasteiger charge is 2.25. The number of nitro benzene ring substituents is 1. The van der Waals surface area contributed by atoms with Crippen molar-refractivity contribution in [2.45, 2.75) is 48.7 Å². The minimum absolute atomic E-state index is 0.0891. The van der Waals surface area contributed by atoms with Gasteiger partial charge in [-0.1, -0.05) is 80.0 Å². The van der Waals surface area contributed by atoms with Crippen LogP contribution in [0.5, 0.6) is 0 Å². The number of hydrogen-bond acceptors (Lipinski definition) is 11. The minimum atomic E-state index is -4.27. The van der Waals surface area contributed by atoms with E-state index in [-0.39, 0.29) is 28.1 Å². The molecule has 7 rings (SSSR count). The summed E-state index contributed by atoms with van der Waals surface area (Å²) in [6, 6.07) is 36.1. The molecule has 1 aromatic heterocycles. The Balaban J connectivity index is 1.02. The first-order valence-corrected chi connectivity index (χ1v) is 22.4. The smallest absolute Gasteiger partial charge is 0.293 e. The molecular weight excluding hydrogens is 804 g/mol. The van der Waals surface area contributed by atoms with E-state index in [1.165, 1.54) is 29.6 Å². The number of nitrogens with one attached hydrogen (secondary N) is 3. The second kappa shape index (κ2) is 19.2. The van der Waals surface area contributed by atoms with Gasteiger partial charge < -0.3 is 15.5 Å². The molecule has 6 aromatic rings. The zero-order chi connectivity index (χ0) is 41.4. The highest BCUT2D eigenvalue weighted by molar-refractivity contribution is 7.99. The van der Waals surface area contributed by atoms with Gasteiger partial charge in [0.1, 0.15) is 12.0 Å². The van der Waals surface area contributed by atoms with Crippen molar-refractivity contribution in [1.82, 2.24) is 20.2 Å². The minimum Gasteiger partial charge on any atom is -0.376 e. The maximum atomic E-state index is 13.8. The van der Waals surface area contributed by atoms with Gasteiger partial charge in [-0.2, -0.15) is 0 Å². The molecule has 0 amide bonds. The Morgan fingerprint density at radius 2 is 1.63 bits per heavy atom. The molecule has 0 bridgehead atoms. The Bertz CT molecular complexity index is 2490. The van der Waals surface area contributed by atoms with Gasteiger partial charge in [0.15, 0.2) is 5.82 Å². The predicted octanol–water partition coefficient (Wildman–Crippen LogP) is 8.94. The molecule has 2 heterocycles. The SMILES string of the molecule is CC(C)NCC[C@H](CSc1ccccc1)Nc1ccc(S(=O)(=O)Nc2ncnc3cc(N4CCN(Cc5ccccc5-c5ccc(Cl)cc5)CC4)ccc23)cc1[N+](=O)[O-]. The van der Waals surface area contributed by atoms with Gasteiger partial charge >= 0.3 is 0 Å². The maximum absolute atomic E-state index is 13.8. The van der Waals surface area contributed by atoms with Crippen molar-refractivity contribution >= 4 is 67.2 Å². The topological polar surface area (TPSA) is 146 Å². The number of fused-ring (bicyclic) bond motifs is 1. The van der Waals surface area contributed by atoms with Crippen molar-refractivity contribution in [1.29, 1.82) is 0 Å². The molecule has 59 heavy (non-hydrogen) atoms. The molecule has 0 aliphatic carbocycles. The molecule has 1 saturated heterocycles. The zero-order valence-electron chi connectivity index (χ0n) is 32.9. The third kappa shape index (κ3) is 10.9. The molecule has 1 atom stereocenters. The van der Waals surface area contributed by atoms with E-state index < -0.39 is 14.9 Å². The van der Waals surface area contributed by atoms with E-state index in [1.54, 1.807) is 11.8 Å². The molecule has 3 N–H and O–H groups in total. The van der Waals surface area contributed by atoms with Crippen LogP contribution in [0.4, 0.5) is 22.9 Å². The summed E-state index contributed by atoms with van der Waals surface area (Å²) in [5.41, 5.74) is 5.07. The van der Waals surface area contributed by atoms with Crippen molar-refractivity contribution in [3.8, 4) is 11.1 Å². The third-order valence-corrected chi connectivity index (χ3v) is 13.0. The van der Waals surface area contributed by atoms with Crippen molar-refractivity contribution in [2.24, 2.45) is 0 Å². The zero-order valence-corrected chi connectivity index (χ0v) is 35.3. The summed E-state index contributed by atoms with van der Waals surface area (Å²) in [6.07, 6.45) is 2.02. The van der Waals surface area contributed by atoms with Crippen LogP contribution in [0.3, 0.4) is 0 Å². The number of anilines is 3.